The van der Waals surface area contributed by atoms with Crippen molar-refractivity contribution in [3.63, 3.8) is 0 Å². The molecule has 1 heterocycles. The summed E-state index contributed by atoms with van der Waals surface area (Å²) in [5.41, 5.74) is 2.42. The van der Waals surface area contributed by atoms with Crippen molar-refractivity contribution in [1.29, 1.82) is 0 Å². The van der Waals surface area contributed by atoms with Gasteiger partial charge in [0.25, 0.3) is 5.56 Å². The summed E-state index contributed by atoms with van der Waals surface area (Å²) in [5, 5.41) is 0.495. The molecule has 0 aliphatic rings. The zero-order valence-corrected chi connectivity index (χ0v) is 12.5. The van der Waals surface area contributed by atoms with E-state index in [1.54, 1.807) is 24.3 Å². The molecule has 110 valence electrons. The van der Waals surface area contributed by atoms with E-state index in [0.717, 1.165) is 11.3 Å². The molecular weight excluding hydrogens is 276 g/mol. The highest BCUT2D eigenvalue weighted by Crippen LogP contribution is 2.15. The van der Waals surface area contributed by atoms with Crippen LogP contribution in [0.25, 0.3) is 23.1 Å². The molecule has 0 bridgehead atoms. The van der Waals surface area contributed by atoms with E-state index in [2.05, 4.69) is 4.98 Å². The first-order valence-electron chi connectivity index (χ1n) is 6.99. The van der Waals surface area contributed by atoms with E-state index in [1.165, 1.54) is 0 Å². The van der Waals surface area contributed by atoms with Gasteiger partial charge in [-0.2, -0.15) is 4.98 Å². The Bertz CT molecular complexity index is 877. The largest absolute Gasteiger partial charge is 0.438 e. The fraction of sp³-hybridized carbons (Fsp3) is 0.111. The number of hydrogen-bond acceptors (Lipinski definition) is 4. The highest BCUT2D eigenvalue weighted by molar-refractivity contribution is 5.76. The molecule has 0 amide bonds. The van der Waals surface area contributed by atoms with E-state index in [-0.39, 0.29) is 5.56 Å². The van der Waals surface area contributed by atoms with Crippen LogP contribution >= 0.6 is 0 Å². The van der Waals surface area contributed by atoms with Gasteiger partial charge in [-0.25, -0.2) is 0 Å². The Kier molecular flexibility index (Phi) is 3.74. The van der Waals surface area contributed by atoms with Crippen molar-refractivity contribution in [2.75, 3.05) is 19.0 Å². The summed E-state index contributed by atoms with van der Waals surface area (Å²) in [6.07, 6.45) is 3.58. The van der Waals surface area contributed by atoms with Crippen molar-refractivity contribution < 1.29 is 4.42 Å². The Morgan fingerprint density at radius 1 is 1.00 bits per heavy atom. The fourth-order valence-corrected chi connectivity index (χ4v) is 2.15. The average Bonchev–Trinajstić information content (AvgIpc) is 2.53. The number of anilines is 1. The summed E-state index contributed by atoms with van der Waals surface area (Å²) in [4.78, 5) is 17.9. The summed E-state index contributed by atoms with van der Waals surface area (Å²) in [5.74, 6) is 0.306. The molecule has 22 heavy (non-hydrogen) atoms. The Balaban J connectivity index is 1.90. The Morgan fingerprint density at radius 3 is 2.45 bits per heavy atom. The predicted molar refractivity (Wildman–Crippen MR) is 90.0 cm³/mol. The van der Waals surface area contributed by atoms with Crippen LogP contribution in [0.15, 0.2) is 57.7 Å². The molecule has 0 atom stereocenters. The third-order valence-corrected chi connectivity index (χ3v) is 3.37. The van der Waals surface area contributed by atoms with Crippen molar-refractivity contribution in [2.24, 2.45) is 0 Å². The first-order valence-corrected chi connectivity index (χ1v) is 6.99. The van der Waals surface area contributed by atoms with Crippen LogP contribution in [0.2, 0.25) is 0 Å². The topological polar surface area (TPSA) is 46.3 Å². The maximum atomic E-state index is 11.9. The molecule has 3 aromatic rings. The fourth-order valence-electron chi connectivity index (χ4n) is 2.15. The third kappa shape index (κ3) is 2.91. The highest BCUT2D eigenvalue weighted by Gasteiger charge is 2.03. The summed E-state index contributed by atoms with van der Waals surface area (Å²) in [6, 6.07) is 15.2. The Morgan fingerprint density at radius 2 is 1.73 bits per heavy atom. The van der Waals surface area contributed by atoms with Gasteiger partial charge in [0.2, 0.25) is 5.89 Å². The second-order valence-electron chi connectivity index (χ2n) is 5.17. The van der Waals surface area contributed by atoms with E-state index in [9.17, 15) is 4.79 Å². The van der Waals surface area contributed by atoms with Crippen molar-refractivity contribution >= 4 is 28.8 Å². The minimum atomic E-state index is -0.274. The highest BCUT2D eigenvalue weighted by atomic mass is 16.3. The standard InChI is InChI=1S/C18H16N2O2/c1-20(2)14-10-7-13(8-11-14)9-12-17-19-18(21)15-5-3-4-6-16(15)22-17/h3-12H,1-2H3/b12-9-. The van der Waals surface area contributed by atoms with Gasteiger partial charge >= 0.3 is 0 Å². The molecule has 0 N–H and O–H groups in total. The number of fused-ring (bicyclic) bond motifs is 1. The van der Waals surface area contributed by atoms with Gasteiger partial charge < -0.3 is 9.32 Å². The van der Waals surface area contributed by atoms with Gasteiger partial charge in [-0.15, -0.1) is 0 Å². The predicted octanol–water partition coefficient (Wildman–Crippen LogP) is 3.42. The maximum absolute atomic E-state index is 11.9. The minimum absolute atomic E-state index is 0.274. The average molecular weight is 292 g/mol. The second-order valence-corrected chi connectivity index (χ2v) is 5.17. The summed E-state index contributed by atoms with van der Waals surface area (Å²) in [6.45, 7) is 0. The van der Waals surface area contributed by atoms with Crippen molar-refractivity contribution in [3.8, 4) is 0 Å². The molecule has 0 spiro atoms. The molecule has 0 aliphatic heterocycles. The molecule has 3 rings (SSSR count). The molecule has 1 aromatic heterocycles. The number of aromatic nitrogens is 1. The lowest BCUT2D eigenvalue weighted by Crippen LogP contribution is -2.07. The lowest BCUT2D eigenvalue weighted by Gasteiger charge is -2.11. The zero-order chi connectivity index (χ0) is 15.5. The van der Waals surface area contributed by atoms with Crippen LogP contribution in [-0.2, 0) is 0 Å². The number of nitrogens with zero attached hydrogens (tertiary/aromatic N) is 2. The summed E-state index contributed by atoms with van der Waals surface area (Å²) >= 11 is 0. The SMILES string of the molecule is CN(C)c1ccc(/C=C\c2nc(=O)c3ccccc3o2)cc1. The van der Waals surface area contributed by atoms with Crippen molar-refractivity contribution in [2.45, 2.75) is 0 Å². The van der Waals surface area contributed by atoms with E-state index in [4.69, 9.17) is 4.42 Å². The van der Waals surface area contributed by atoms with Gasteiger partial charge in [-0.3, -0.25) is 4.79 Å². The lowest BCUT2D eigenvalue weighted by atomic mass is 10.2. The van der Waals surface area contributed by atoms with Crippen LogP contribution in [0.3, 0.4) is 0 Å². The number of benzene rings is 2. The van der Waals surface area contributed by atoms with Crippen LogP contribution < -0.4 is 10.5 Å². The van der Waals surface area contributed by atoms with Gasteiger partial charge in [0.15, 0.2) is 0 Å². The minimum Gasteiger partial charge on any atom is -0.438 e. The van der Waals surface area contributed by atoms with Crippen LogP contribution in [0.1, 0.15) is 11.5 Å². The molecule has 4 heteroatoms. The van der Waals surface area contributed by atoms with Gasteiger partial charge in [-0.05, 0) is 35.9 Å². The molecule has 0 aliphatic carbocycles. The monoisotopic (exact) mass is 292 g/mol. The lowest BCUT2D eigenvalue weighted by molar-refractivity contribution is 0.563. The van der Waals surface area contributed by atoms with Crippen molar-refractivity contribution in [1.82, 2.24) is 4.98 Å². The molecule has 0 unspecified atom stereocenters. The number of para-hydroxylation sites is 1. The number of hydrogen-bond donors (Lipinski definition) is 0. The molecule has 2 aromatic carbocycles. The number of rotatable bonds is 3. The molecule has 0 saturated carbocycles. The Labute approximate surface area is 128 Å². The van der Waals surface area contributed by atoms with Gasteiger partial charge in [0.05, 0.1) is 5.39 Å². The molecule has 0 fully saturated rings. The quantitative estimate of drug-likeness (QED) is 0.742. The molecule has 0 radical (unpaired) electrons. The second kappa shape index (κ2) is 5.85. The molecular formula is C18H16N2O2. The zero-order valence-electron chi connectivity index (χ0n) is 12.5. The van der Waals surface area contributed by atoms with Crippen molar-refractivity contribution in [3.05, 3.63) is 70.3 Å². The van der Waals surface area contributed by atoms with Gasteiger partial charge in [0.1, 0.15) is 5.58 Å². The summed E-state index contributed by atoms with van der Waals surface area (Å²) < 4.78 is 5.62. The Hall–Kier alpha value is -2.88. The van der Waals surface area contributed by atoms with Crippen LogP contribution in [0.4, 0.5) is 5.69 Å². The van der Waals surface area contributed by atoms with Gasteiger partial charge in [0, 0.05) is 25.9 Å². The third-order valence-electron chi connectivity index (χ3n) is 3.37. The van der Waals surface area contributed by atoms with E-state index in [0.29, 0.717) is 16.9 Å². The molecule has 4 nitrogen and oxygen atoms in total. The smallest absolute Gasteiger partial charge is 0.284 e. The first kappa shape index (κ1) is 14.1. The maximum Gasteiger partial charge on any atom is 0.284 e. The van der Waals surface area contributed by atoms with Gasteiger partial charge in [-0.1, -0.05) is 24.3 Å². The first-order chi connectivity index (χ1) is 10.6. The van der Waals surface area contributed by atoms with E-state index >= 15 is 0 Å². The normalized spacial score (nSPS) is 11.2. The van der Waals surface area contributed by atoms with Crippen LogP contribution in [-0.4, -0.2) is 19.1 Å². The molecule has 0 saturated heterocycles. The van der Waals surface area contributed by atoms with Crippen LogP contribution in [0, 0.1) is 0 Å². The summed E-state index contributed by atoms with van der Waals surface area (Å²) in [7, 11) is 4.00. The van der Waals surface area contributed by atoms with E-state index in [1.807, 2.05) is 55.4 Å². The van der Waals surface area contributed by atoms with Crippen LogP contribution in [0.5, 0.6) is 0 Å². The van der Waals surface area contributed by atoms with E-state index < -0.39 is 0 Å².